The first-order chi connectivity index (χ1) is 14.1. The molecule has 30 heavy (non-hydrogen) atoms. The Morgan fingerprint density at radius 1 is 0.900 bits per heavy atom. The second-order valence-corrected chi connectivity index (χ2v) is 9.31. The van der Waals surface area contributed by atoms with E-state index in [1.54, 1.807) is 0 Å². The highest BCUT2D eigenvalue weighted by molar-refractivity contribution is 5.95. The van der Waals surface area contributed by atoms with Gasteiger partial charge in [-0.1, -0.05) is 32.9 Å². The lowest BCUT2D eigenvalue weighted by molar-refractivity contribution is 0.0698. The average Bonchev–Trinajstić information content (AvgIpc) is 2.73. The molecule has 2 amide bonds. The van der Waals surface area contributed by atoms with E-state index in [2.05, 4.69) is 26.1 Å². The Labute approximate surface area is 180 Å². The van der Waals surface area contributed by atoms with Crippen LogP contribution in [0.15, 0.2) is 48.5 Å². The number of amides is 2. The fourth-order valence-corrected chi connectivity index (χ4v) is 3.70. The minimum absolute atomic E-state index is 0.0529. The Balaban J connectivity index is 1.53. The van der Waals surface area contributed by atoms with Crippen LogP contribution in [0.4, 0.5) is 5.69 Å². The van der Waals surface area contributed by atoms with Gasteiger partial charge >= 0.3 is 0 Å². The summed E-state index contributed by atoms with van der Waals surface area (Å²) in [4.78, 5) is 29.3. The van der Waals surface area contributed by atoms with Crippen LogP contribution >= 0.6 is 0 Å². The van der Waals surface area contributed by atoms with Crippen molar-refractivity contribution in [3.63, 3.8) is 0 Å². The third kappa shape index (κ3) is 5.21. The molecule has 0 aromatic heterocycles. The number of carbonyl (C=O) groups is 2. The van der Waals surface area contributed by atoms with Crippen LogP contribution in [0.25, 0.3) is 0 Å². The summed E-state index contributed by atoms with van der Waals surface area (Å²) in [6.07, 6.45) is 1.54. The summed E-state index contributed by atoms with van der Waals surface area (Å²) in [5.74, 6) is 0.0161. The fraction of sp³-hybridized carbons (Fsp3) is 0.440. The van der Waals surface area contributed by atoms with Gasteiger partial charge in [0.25, 0.3) is 11.8 Å². The molecule has 5 nitrogen and oxygen atoms in total. The Morgan fingerprint density at radius 2 is 1.43 bits per heavy atom. The quantitative estimate of drug-likeness (QED) is 0.831. The lowest BCUT2D eigenvalue weighted by Crippen LogP contribution is -2.46. The van der Waals surface area contributed by atoms with Gasteiger partial charge in [0, 0.05) is 50.0 Å². The summed E-state index contributed by atoms with van der Waals surface area (Å²) >= 11 is 0. The molecule has 1 fully saturated rings. The van der Waals surface area contributed by atoms with E-state index in [-0.39, 0.29) is 23.3 Å². The van der Waals surface area contributed by atoms with Crippen molar-refractivity contribution in [1.82, 2.24) is 10.2 Å². The van der Waals surface area contributed by atoms with Crippen molar-refractivity contribution >= 4 is 17.5 Å². The van der Waals surface area contributed by atoms with Crippen molar-refractivity contribution in [2.75, 3.05) is 32.1 Å². The molecule has 0 bridgehead atoms. The zero-order valence-corrected chi connectivity index (χ0v) is 18.7. The molecule has 0 radical (unpaired) electrons. The second kappa shape index (κ2) is 8.90. The van der Waals surface area contributed by atoms with Crippen LogP contribution in [-0.4, -0.2) is 49.9 Å². The highest BCUT2D eigenvalue weighted by Crippen LogP contribution is 2.23. The summed E-state index contributed by atoms with van der Waals surface area (Å²) in [6.45, 7) is 7.81. The Kier molecular flexibility index (Phi) is 6.49. The number of benzene rings is 2. The highest BCUT2D eigenvalue weighted by atomic mass is 16.2. The second-order valence-electron chi connectivity index (χ2n) is 9.31. The van der Waals surface area contributed by atoms with Crippen LogP contribution in [0.3, 0.4) is 0 Å². The molecule has 5 heteroatoms. The third-order valence-electron chi connectivity index (χ3n) is 5.76. The van der Waals surface area contributed by atoms with E-state index >= 15 is 0 Å². The summed E-state index contributed by atoms with van der Waals surface area (Å²) in [7, 11) is 3.95. The molecule has 1 aliphatic heterocycles. The number of likely N-dealkylation sites (tertiary alicyclic amines) is 1. The van der Waals surface area contributed by atoms with Crippen molar-refractivity contribution in [1.29, 1.82) is 0 Å². The molecule has 0 spiro atoms. The number of piperidine rings is 1. The first-order valence-corrected chi connectivity index (χ1v) is 10.6. The van der Waals surface area contributed by atoms with Crippen LogP contribution < -0.4 is 10.2 Å². The minimum atomic E-state index is -0.0529. The molecule has 0 atom stereocenters. The molecular formula is C25H33N3O2. The van der Waals surface area contributed by atoms with Gasteiger partial charge in [-0.05, 0) is 60.2 Å². The summed E-state index contributed by atoms with van der Waals surface area (Å²) in [5.41, 5.74) is 3.75. The first-order valence-electron chi connectivity index (χ1n) is 10.6. The fourth-order valence-electron chi connectivity index (χ4n) is 3.70. The van der Waals surface area contributed by atoms with Crippen molar-refractivity contribution in [2.45, 2.75) is 45.1 Å². The Morgan fingerprint density at radius 3 is 1.93 bits per heavy atom. The van der Waals surface area contributed by atoms with Gasteiger partial charge in [0.1, 0.15) is 0 Å². The van der Waals surface area contributed by atoms with Crippen LogP contribution in [-0.2, 0) is 5.41 Å². The molecule has 160 valence electrons. The van der Waals surface area contributed by atoms with Gasteiger partial charge in [-0.25, -0.2) is 0 Å². The molecule has 0 saturated carbocycles. The van der Waals surface area contributed by atoms with E-state index in [1.165, 1.54) is 5.56 Å². The molecule has 3 rings (SSSR count). The predicted octanol–water partition coefficient (Wildman–Crippen LogP) is 4.08. The standard InChI is InChI=1S/C25H33N3O2/c1-25(2,3)20-10-6-19(7-11-20)24(30)28-16-14-21(15-17-28)26-23(29)18-8-12-22(13-9-18)27(4)5/h6-13,21H,14-17H2,1-5H3,(H,26,29). The maximum Gasteiger partial charge on any atom is 0.253 e. The van der Waals surface area contributed by atoms with E-state index in [9.17, 15) is 9.59 Å². The average molecular weight is 408 g/mol. The number of anilines is 1. The van der Waals surface area contributed by atoms with Gasteiger partial charge in [-0.3, -0.25) is 9.59 Å². The summed E-state index contributed by atoms with van der Waals surface area (Å²) in [6, 6.07) is 15.6. The molecule has 0 unspecified atom stereocenters. The molecule has 1 N–H and O–H groups in total. The third-order valence-corrected chi connectivity index (χ3v) is 5.76. The number of carbonyl (C=O) groups excluding carboxylic acids is 2. The predicted molar refractivity (Wildman–Crippen MR) is 122 cm³/mol. The zero-order valence-electron chi connectivity index (χ0n) is 18.7. The van der Waals surface area contributed by atoms with E-state index in [0.717, 1.165) is 24.1 Å². The Bertz CT molecular complexity index is 872. The molecule has 2 aromatic carbocycles. The number of nitrogens with one attached hydrogen (secondary N) is 1. The smallest absolute Gasteiger partial charge is 0.253 e. The first kappa shape index (κ1) is 21.9. The van der Waals surface area contributed by atoms with Gasteiger partial charge < -0.3 is 15.1 Å². The molecule has 2 aromatic rings. The van der Waals surface area contributed by atoms with E-state index in [0.29, 0.717) is 18.7 Å². The van der Waals surface area contributed by atoms with E-state index in [1.807, 2.05) is 72.4 Å². The zero-order chi connectivity index (χ0) is 21.9. The van der Waals surface area contributed by atoms with Crippen LogP contribution in [0.2, 0.25) is 0 Å². The summed E-state index contributed by atoms with van der Waals surface area (Å²) < 4.78 is 0. The number of hydrogen-bond donors (Lipinski definition) is 1. The number of nitrogens with zero attached hydrogens (tertiary/aromatic N) is 2. The topological polar surface area (TPSA) is 52.7 Å². The molecule has 1 saturated heterocycles. The largest absolute Gasteiger partial charge is 0.378 e. The maximum absolute atomic E-state index is 12.8. The van der Waals surface area contributed by atoms with Gasteiger partial charge in [0.2, 0.25) is 0 Å². The maximum atomic E-state index is 12.8. The summed E-state index contributed by atoms with van der Waals surface area (Å²) in [5, 5.41) is 3.12. The van der Waals surface area contributed by atoms with E-state index in [4.69, 9.17) is 0 Å². The SMILES string of the molecule is CN(C)c1ccc(C(=O)NC2CCN(C(=O)c3ccc(C(C)(C)C)cc3)CC2)cc1. The van der Waals surface area contributed by atoms with Crippen LogP contribution in [0.5, 0.6) is 0 Å². The molecule has 1 aliphatic rings. The van der Waals surface area contributed by atoms with Gasteiger partial charge in [0.05, 0.1) is 0 Å². The van der Waals surface area contributed by atoms with Gasteiger partial charge in [-0.15, -0.1) is 0 Å². The lowest BCUT2D eigenvalue weighted by Gasteiger charge is -2.32. The van der Waals surface area contributed by atoms with Crippen molar-refractivity contribution in [2.24, 2.45) is 0 Å². The van der Waals surface area contributed by atoms with Crippen molar-refractivity contribution in [3.8, 4) is 0 Å². The van der Waals surface area contributed by atoms with Gasteiger partial charge in [-0.2, -0.15) is 0 Å². The molecular weight excluding hydrogens is 374 g/mol. The Hall–Kier alpha value is -2.82. The number of hydrogen-bond acceptors (Lipinski definition) is 3. The van der Waals surface area contributed by atoms with Crippen molar-refractivity contribution < 1.29 is 9.59 Å². The lowest BCUT2D eigenvalue weighted by atomic mass is 9.86. The molecule has 0 aliphatic carbocycles. The number of rotatable bonds is 4. The normalized spacial score (nSPS) is 15.0. The van der Waals surface area contributed by atoms with Crippen LogP contribution in [0, 0.1) is 0 Å². The molecule has 1 heterocycles. The monoisotopic (exact) mass is 407 g/mol. The highest BCUT2D eigenvalue weighted by Gasteiger charge is 2.25. The van der Waals surface area contributed by atoms with Crippen LogP contribution in [0.1, 0.15) is 59.9 Å². The van der Waals surface area contributed by atoms with E-state index < -0.39 is 0 Å². The minimum Gasteiger partial charge on any atom is -0.378 e. The van der Waals surface area contributed by atoms with Gasteiger partial charge in [0.15, 0.2) is 0 Å². The van der Waals surface area contributed by atoms with Crippen molar-refractivity contribution in [3.05, 3.63) is 65.2 Å².